The number of ether oxygens (including phenoxy) is 1. The monoisotopic (exact) mass is 431 g/mol. The summed E-state index contributed by atoms with van der Waals surface area (Å²) in [6, 6.07) is 20.6. The van der Waals surface area contributed by atoms with Gasteiger partial charge >= 0.3 is 0 Å². The molecule has 1 aromatic heterocycles. The van der Waals surface area contributed by atoms with Crippen molar-refractivity contribution in [3.8, 4) is 17.2 Å². The highest BCUT2D eigenvalue weighted by Gasteiger charge is 2.23. The van der Waals surface area contributed by atoms with Crippen LogP contribution in [0.3, 0.4) is 0 Å². The van der Waals surface area contributed by atoms with E-state index in [1.807, 2.05) is 43.3 Å². The van der Waals surface area contributed by atoms with Gasteiger partial charge in [0.15, 0.2) is 5.75 Å². The lowest BCUT2D eigenvalue weighted by Crippen LogP contribution is -2.15. The average molecular weight is 432 g/mol. The highest BCUT2D eigenvalue weighted by molar-refractivity contribution is 7.21. The molecule has 1 heterocycles. The van der Waals surface area contributed by atoms with E-state index in [0.29, 0.717) is 21.9 Å². The molecule has 158 valence electrons. The van der Waals surface area contributed by atoms with Crippen molar-refractivity contribution in [3.63, 3.8) is 0 Å². The maximum atomic E-state index is 13.4. The normalized spacial score (nSPS) is 11.0. The first-order valence-electron chi connectivity index (χ1n) is 10.4. The lowest BCUT2D eigenvalue weighted by Gasteiger charge is -2.10. The second kappa shape index (κ2) is 9.33. The van der Waals surface area contributed by atoms with Crippen LogP contribution in [0.15, 0.2) is 66.7 Å². The minimum atomic E-state index is -0.0731. The predicted molar refractivity (Wildman–Crippen MR) is 127 cm³/mol. The van der Waals surface area contributed by atoms with E-state index in [1.54, 1.807) is 18.2 Å². The number of thiophene rings is 1. The zero-order chi connectivity index (χ0) is 21.8. The Kier molecular flexibility index (Phi) is 6.35. The average Bonchev–Trinajstić information content (AvgIpc) is 3.12. The molecule has 0 aliphatic carbocycles. The summed E-state index contributed by atoms with van der Waals surface area (Å²) in [5.41, 5.74) is 2.80. The number of rotatable bonds is 8. The molecule has 0 aliphatic rings. The van der Waals surface area contributed by atoms with Crippen LogP contribution in [0, 0.1) is 6.92 Å². The molecule has 0 radical (unpaired) electrons. The fourth-order valence-electron chi connectivity index (χ4n) is 3.51. The molecular weight excluding hydrogens is 406 g/mol. The Morgan fingerprint density at radius 1 is 1.06 bits per heavy atom. The van der Waals surface area contributed by atoms with Gasteiger partial charge in [-0.1, -0.05) is 43.3 Å². The third kappa shape index (κ3) is 4.63. The summed E-state index contributed by atoms with van der Waals surface area (Å²) in [6.07, 6.45) is 0.950. The third-order valence-corrected chi connectivity index (χ3v) is 6.34. The van der Waals surface area contributed by atoms with E-state index in [9.17, 15) is 9.90 Å². The summed E-state index contributed by atoms with van der Waals surface area (Å²) in [7, 11) is 0. The number of fused-ring (bicyclic) bond motifs is 1. The van der Waals surface area contributed by atoms with Crippen molar-refractivity contribution >= 4 is 27.2 Å². The van der Waals surface area contributed by atoms with Gasteiger partial charge in [0, 0.05) is 15.6 Å². The van der Waals surface area contributed by atoms with Crippen LogP contribution in [0.4, 0.5) is 0 Å². The molecule has 4 aromatic rings. The second-order valence-electron chi connectivity index (χ2n) is 7.43. The quantitative estimate of drug-likeness (QED) is 0.262. The Morgan fingerprint density at radius 2 is 1.84 bits per heavy atom. The van der Waals surface area contributed by atoms with Gasteiger partial charge < -0.3 is 15.2 Å². The minimum Gasteiger partial charge on any atom is -0.508 e. The first-order valence-corrected chi connectivity index (χ1v) is 11.2. The molecule has 0 spiro atoms. The second-order valence-corrected chi connectivity index (χ2v) is 8.49. The Labute approximate surface area is 186 Å². The van der Waals surface area contributed by atoms with E-state index in [2.05, 4.69) is 24.4 Å². The minimum absolute atomic E-state index is 0.0731. The molecule has 0 saturated heterocycles. The van der Waals surface area contributed by atoms with Crippen molar-refractivity contribution in [2.24, 2.45) is 0 Å². The number of carbonyl (C=O) groups excluding carboxylic acids is 1. The molecule has 0 atom stereocenters. The summed E-state index contributed by atoms with van der Waals surface area (Å²) >= 11 is 1.34. The summed E-state index contributed by atoms with van der Waals surface area (Å²) in [5.74, 6) is 1.31. The topological polar surface area (TPSA) is 58.6 Å². The van der Waals surface area contributed by atoms with Crippen molar-refractivity contribution in [2.75, 3.05) is 13.1 Å². The van der Waals surface area contributed by atoms with Crippen molar-refractivity contribution in [1.29, 1.82) is 0 Å². The Morgan fingerprint density at radius 3 is 2.58 bits per heavy atom. The van der Waals surface area contributed by atoms with Gasteiger partial charge in [-0.3, -0.25) is 4.79 Å². The number of likely N-dealkylation sites (N-methyl/N-ethyl adjacent to an activating group) is 1. The van der Waals surface area contributed by atoms with Crippen LogP contribution < -0.4 is 10.1 Å². The summed E-state index contributed by atoms with van der Waals surface area (Å²) in [5, 5.41) is 14.1. The van der Waals surface area contributed by atoms with Gasteiger partial charge in [0.1, 0.15) is 16.4 Å². The van der Waals surface area contributed by atoms with Crippen LogP contribution in [0.5, 0.6) is 17.2 Å². The number of aryl methyl sites for hydroxylation is 1. The molecule has 0 unspecified atom stereocenters. The fraction of sp³-hybridized carbons (Fsp3) is 0.192. The van der Waals surface area contributed by atoms with Crippen LogP contribution in [0.25, 0.3) is 10.1 Å². The van der Waals surface area contributed by atoms with E-state index >= 15 is 0 Å². The van der Waals surface area contributed by atoms with Gasteiger partial charge in [-0.25, -0.2) is 0 Å². The molecule has 2 N–H and O–H groups in total. The van der Waals surface area contributed by atoms with Crippen LogP contribution in [-0.4, -0.2) is 24.0 Å². The standard InChI is InChI=1S/C26H25NO3S/c1-3-27-15-14-18-8-11-20(12-9-18)30-25-22-13-10-19(28)16-23(22)31-26(25)24(29)21-7-5-4-6-17(21)2/h4-13,16,27-28H,3,14-15H2,1-2H3. The van der Waals surface area contributed by atoms with Gasteiger partial charge in [0.2, 0.25) is 5.78 Å². The molecule has 0 fully saturated rings. The zero-order valence-corrected chi connectivity index (χ0v) is 18.5. The largest absolute Gasteiger partial charge is 0.508 e. The van der Waals surface area contributed by atoms with Gasteiger partial charge in [-0.05, 0) is 67.9 Å². The van der Waals surface area contributed by atoms with E-state index in [1.165, 1.54) is 16.9 Å². The molecule has 4 rings (SSSR count). The Bertz CT molecular complexity index is 1210. The lowest BCUT2D eigenvalue weighted by molar-refractivity contribution is 0.104. The SMILES string of the molecule is CCNCCc1ccc(Oc2c(C(=O)c3ccccc3C)sc3cc(O)ccc23)cc1. The molecule has 0 aliphatic heterocycles. The fourth-order valence-corrected chi connectivity index (χ4v) is 4.63. The number of nitrogens with one attached hydrogen (secondary N) is 1. The molecule has 5 heteroatoms. The summed E-state index contributed by atoms with van der Waals surface area (Å²) in [4.78, 5) is 13.9. The highest BCUT2D eigenvalue weighted by atomic mass is 32.1. The summed E-state index contributed by atoms with van der Waals surface area (Å²) < 4.78 is 7.07. The molecule has 0 bridgehead atoms. The van der Waals surface area contributed by atoms with Gasteiger partial charge in [-0.15, -0.1) is 11.3 Å². The van der Waals surface area contributed by atoms with Crippen LogP contribution >= 0.6 is 11.3 Å². The maximum absolute atomic E-state index is 13.4. The number of phenolic OH excluding ortho intramolecular Hbond substituents is 1. The number of benzene rings is 3. The molecule has 4 nitrogen and oxygen atoms in total. The smallest absolute Gasteiger partial charge is 0.207 e. The molecule has 31 heavy (non-hydrogen) atoms. The predicted octanol–water partition coefficient (Wildman–Crippen LogP) is 6.09. The van der Waals surface area contributed by atoms with Gasteiger partial charge in [0.25, 0.3) is 0 Å². The highest BCUT2D eigenvalue weighted by Crippen LogP contribution is 2.42. The van der Waals surface area contributed by atoms with Gasteiger partial charge in [0.05, 0.1) is 0 Å². The first kappa shape index (κ1) is 21.1. The number of carbonyl (C=O) groups is 1. The molecule has 0 saturated carbocycles. The van der Waals surface area contributed by atoms with Gasteiger partial charge in [-0.2, -0.15) is 0 Å². The Balaban J connectivity index is 1.70. The zero-order valence-electron chi connectivity index (χ0n) is 17.6. The van der Waals surface area contributed by atoms with Crippen molar-refractivity contribution < 1.29 is 14.6 Å². The number of hydrogen-bond donors (Lipinski definition) is 2. The van der Waals surface area contributed by atoms with Crippen molar-refractivity contribution in [2.45, 2.75) is 20.3 Å². The number of ketones is 1. The number of hydrogen-bond acceptors (Lipinski definition) is 5. The van der Waals surface area contributed by atoms with Crippen molar-refractivity contribution in [1.82, 2.24) is 5.32 Å². The van der Waals surface area contributed by atoms with E-state index in [-0.39, 0.29) is 11.5 Å². The number of phenols is 1. The molecular formula is C26H25NO3S. The molecule has 0 amide bonds. The van der Waals surface area contributed by atoms with E-state index < -0.39 is 0 Å². The van der Waals surface area contributed by atoms with Crippen molar-refractivity contribution in [3.05, 3.63) is 88.3 Å². The van der Waals surface area contributed by atoms with Crippen LogP contribution in [0.1, 0.15) is 33.3 Å². The maximum Gasteiger partial charge on any atom is 0.207 e. The summed E-state index contributed by atoms with van der Waals surface area (Å²) in [6.45, 7) is 5.92. The first-order chi connectivity index (χ1) is 15.1. The molecule has 3 aromatic carbocycles. The lowest BCUT2D eigenvalue weighted by atomic mass is 10.0. The van der Waals surface area contributed by atoms with Crippen LogP contribution in [-0.2, 0) is 6.42 Å². The third-order valence-electron chi connectivity index (χ3n) is 5.21. The Hall–Kier alpha value is -3.15. The number of aromatic hydroxyl groups is 1. The van der Waals surface area contributed by atoms with Crippen LogP contribution in [0.2, 0.25) is 0 Å². The van der Waals surface area contributed by atoms with E-state index in [0.717, 1.165) is 35.2 Å². The van der Waals surface area contributed by atoms with E-state index in [4.69, 9.17) is 4.74 Å².